The summed E-state index contributed by atoms with van der Waals surface area (Å²) >= 11 is 0. The Kier molecular flexibility index (Phi) is 20.0. The molecule has 5 aromatic carbocycles. The quantitative estimate of drug-likeness (QED) is 0.0372. The maximum absolute atomic E-state index is 13.6. The third-order valence-corrected chi connectivity index (χ3v) is 10.8. The molecule has 5 aromatic rings. The van der Waals surface area contributed by atoms with Gasteiger partial charge in [0, 0.05) is 52.3 Å². The van der Waals surface area contributed by atoms with Gasteiger partial charge in [-0.2, -0.15) is 13.2 Å². The molecule has 3 N–H and O–H groups in total. The molecule has 0 radical (unpaired) electrons. The number of methoxy groups -OCH3 is 1. The normalized spacial score (nSPS) is 11.0. The van der Waals surface area contributed by atoms with E-state index in [0.717, 1.165) is 17.7 Å². The minimum atomic E-state index is -4.51. The molecule has 0 heterocycles. The van der Waals surface area contributed by atoms with Crippen LogP contribution in [0.3, 0.4) is 0 Å². The maximum atomic E-state index is 13.6. The second-order valence-electron chi connectivity index (χ2n) is 16.2. The summed E-state index contributed by atoms with van der Waals surface area (Å²) in [5.41, 5.74) is 6.68. The molecule has 0 saturated carbocycles. The van der Waals surface area contributed by atoms with Crippen LogP contribution in [-0.2, 0) is 62.6 Å². The Morgan fingerprint density at radius 1 is 0.592 bits per heavy atom. The van der Waals surface area contributed by atoms with Crippen molar-refractivity contribution in [2.24, 2.45) is 0 Å². The molecule has 0 aliphatic rings. The number of nitrogen functional groups attached to an aromatic ring is 1. The Balaban J connectivity index is 0.000000511. The summed E-state index contributed by atoms with van der Waals surface area (Å²) in [6, 6.07) is 28.7. The number of rotatable bonds is 18. The van der Waals surface area contributed by atoms with E-state index in [1.165, 1.54) is 61.3 Å². The van der Waals surface area contributed by atoms with Crippen molar-refractivity contribution in [1.82, 2.24) is 9.80 Å². The van der Waals surface area contributed by atoms with Crippen LogP contribution in [0.1, 0.15) is 80.0 Å². The molecule has 0 fully saturated rings. The van der Waals surface area contributed by atoms with Gasteiger partial charge >= 0.3 is 30.1 Å². The highest BCUT2D eigenvalue weighted by molar-refractivity contribution is 6.12. The Bertz CT molecular complexity index is 2670. The van der Waals surface area contributed by atoms with Crippen molar-refractivity contribution < 1.29 is 65.7 Å². The molecule has 0 aromatic heterocycles. The third-order valence-electron chi connectivity index (χ3n) is 10.8. The number of carbonyl (C=O) groups is 7. The lowest BCUT2D eigenvalue weighted by Crippen LogP contribution is -2.50. The molecule has 3 amide bonds. The van der Waals surface area contributed by atoms with E-state index in [1.807, 2.05) is 6.07 Å². The van der Waals surface area contributed by atoms with Crippen molar-refractivity contribution in [2.45, 2.75) is 51.1 Å². The minimum absolute atomic E-state index is 0.0309. The van der Waals surface area contributed by atoms with Gasteiger partial charge in [-0.25, -0.2) is 0 Å². The van der Waals surface area contributed by atoms with Gasteiger partial charge in [-0.05, 0) is 97.0 Å². The topological polar surface area (TPSA) is 201 Å². The Morgan fingerprint density at radius 2 is 1.11 bits per heavy atom. The van der Waals surface area contributed by atoms with Gasteiger partial charge in [-0.1, -0.05) is 72.8 Å². The lowest BCUT2D eigenvalue weighted by molar-refractivity contribution is -0.170. The zero-order valence-corrected chi connectivity index (χ0v) is 40.5. The fourth-order valence-electron chi connectivity index (χ4n) is 7.03. The maximum Gasteiger partial charge on any atom is 0.416 e. The van der Waals surface area contributed by atoms with Crippen molar-refractivity contribution >= 4 is 53.0 Å². The molecule has 71 heavy (non-hydrogen) atoms. The first kappa shape index (κ1) is 55.6. The smallest absolute Gasteiger partial charge is 0.416 e. The van der Waals surface area contributed by atoms with Crippen LogP contribution in [0.2, 0.25) is 0 Å². The molecule has 0 aliphatic carbocycles. The molecule has 0 spiro atoms. The summed E-state index contributed by atoms with van der Waals surface area (Å²) in [5.74, 6) is -4.06. The Labute approximate surface area is 410 Å². The highest BCUT2D eigenvalue weighted by atomic mass is 19.4. The largest absolute Gasteiger partial charge is 0.469 e. The van der Waals surface area contributed by atoms with Crippen molar-refractivity contribution in [1.29, 1.82) is 0 Å². The second kappa shape index (κ2) is 25.5. The van der Waals surface area contributed by atoms with Gasteiger partial charge in [-0.15, -0.1) is 0 Å². The standard InChI is InChI=1S/C40H39F3N2O8.C13H18N2O3/c1-5-51-37(49)39(38(50)52-6-2,28-12-8-7-9-13-28)25-53-34(46)23-17-26-16-22-33(32(24-26)36(48)45(3)4)44-35(47)31-15-11-10-14-30(31)27-18-20-29(21-19-27)40(41,42)43;1-15(2)13(17)10-8-9(4-6-11(10)14)5-7-12(16)18-3/h7-16,18-22,24H,5-6,17,23,25H2,1-4H3,(H,44,47);4,6,8H,5,7,14H2,1-3H3. The summed E-state index contributed by atoms with van der Waals surface area (Å²) in [6.45, 7) is 2.43. The van der Waals surface area contributed by atoms with Crippen molar-refractivity contribution in [3.63, 3.8) is 0 Å². The number of amides is 3. The lowest BCUT2D eigenvalue weighted by atomic mass is 9.81. The zero-order chi connectivity index (χ0) is 52.5. The summed E-state index contributed by atoms with van der Waals surface area (Å²) in [4.78, 5) is 92.1. The van der Waals surface area contributed by atoms with E-state index in [9.17, 15) is 46.7 Å². The molecule has 0 bridgehead atoms. The van der Waals surface area contributed by atoms with Crippen LogP contribution in [0.5, 0.6) is 0 Å². The van der Waals surface area contributed by atoms with Crippen LogP contribution < -0.4 is 11.1 Å². The van der Waals surface area contributed by atoms with Gasteiger partial charge in [0.1, 0.15) is 6.61 Å². The molecule has 15 nitrogen and oxygen atoms in total. The Hall–Kier alpha value is -8.02. The fraction of sp³-hybridized carbons (Fsp3) is 0.302. The average Bonchev–Trinajstić information content (AvgIpc) is 3.35. The third kappa shape index (κ3) is 14.7. The SMILES string of the molecule is CCOC(=O)C(COC(=O)CCc1ccc(NC(=O)c2ccccc2-c2ccc(C(F)(F)F)cc2)c(C(=O)N(C)C)c1)(C(=O)OCC)c1ccccc1.COC(=O)CCc1ccc(N)c(C(=O)N(C)C)c1. The van der Waals surface area contributed by atoms with Crippen LogP contribution in [0.4, 0.5) is 24.5 Å². The number of benzene rings is 5. The van der Waals surface area contributed by atoms with Crippen LogP contribution in [0.15, 0.2) is 115 Å². The molecular formula is C53H57F3N4O11. The van der Waals surface area contributed by atoms with Gasteiger partial charge in [0.2, 0.25) is 5.41 Å². The van der Waals surface area contributed by atoms with Crippen molar-refractivity contribution in [3.05, 3.63) is 154 Å². The van der Waals surface area contributed by atoms with Crippen LogP contribution in [0, 0.1) is 0 Å². The number of hydrogen-bond acceptors (Lipinski definition) is 12. The summed E-state index contributed by atoms with van der Waals surface area (Å²) in [5, 5.41) is 2.75. The highest BCUT2D eigenvalue weighted by Gasteiger charge is 2.52. The molecule has 0 unspecified atom stereocenters. The van der Waals surface area contributed by atoms with E-state index >= 15 is 0 Å². The molecule has 18 heteroatoms. The summed E-state index contributed by atoms with van der Waals surface area (Å²) in [6.07, 6.45) is -3.80. The molecule has 5 rings (SSSR count). The molecule has 376 valence electrons. The van der Waals surface area contributed by atoms with E-state index in [-0.39, 0.29) is 66.7 Å². The number of nitrogens with one attached hydrogen (secondary N) is 1. The van der Waals surface area contributed by atoms with E-state index in [2.05, 4.69) is 10.1 Å². The first-order chi connectivity index (χ1) is 33.7. The van der Waals surface area contributed by atoms with E-state index in [0.29, 0.717) is 34.4 Å². The number of carbonyl (C=O) groups excluding carboxylic acids is 7. The van der Waals surface area contributed by atoms with Gasteiger partial charge < -0.3 is 39.8 Å². The number of ether oxygens (including phenoxy) is 4. The number of nitrogens with zero attached hydrogens (tertiary/aromatic N) is 2. The second-order valence-corrected chi connectivity index (χ2v) is 16.2. The number of aryl methyl sites for hydroxylation is 2. The minimum Gasteiger partial charge on any atom is -0.469 e. The predicted molar refractivity (Wildman–Crippen MR) is 259 cm³/mol. The number of hydrogen-bond donors (Lipinski definition) is 2. The van der Waals surface area contributed by atoms with Crippen LogP contribution in [-0.4, -0.2) is 107 Å². The van der Waals surface area contributed by atoms with Crippen LogP contribution in [0.25, 0.3) is 11.1 Å². The highest BCUT2D eigenvalue weighted by Crippen LogP contribution is 2.33. The summed E-state index contributed by atoms with van der Waals surface area (Å²) < 4.78 is 59.9. The van der Waals surface area contributed by atoms with Gasteiger partial charge in [0.25, 0.3) is 17.7 Å². The zero-order valence-electron chi connectivity index (χ0n) is 40.5. The average molecular weight is 983 g/mol. The number of esters is 4. The lowest BCUT2D eigenvalue weighted by Gasteiger charge is -2.29. The van der Waals surface area contributed by atoms with E-state index in [4.69, 9.17) is 19.9 Å². The first-order valence-electron chi connectivity index (χ1n) is 22.3. The summed E-state index contributed by atoms with van der Waals surface area (Å²) in [7, 11) is 7.76. The number of anilines is 2. The van der Waals surface area contributed by atoms with E-state index < -0.39 is 53.5 Å². The van der Waals surface area contributed by atoms with Gasteiger partial charge in [-0.3, -0.25) is 33.6 Å². The first-order valence-corrected chi connectivity index (χ1v) is 22.3. The van der Waals surface area contributed by atoms with Gasteiger partial charge in [0.15, 0.2) is 0 Å². The molecule has 0 aliphatic heterocycles. The van der Waals surface area contributed by atoms with Crippen LogP contribution >= 0.6 is 0 Å². The van der Waals surface area contributed by atoms with Gasteiger partial charge in [0.05, 0.1) is 42.7 Å². The molecule has 0 saturated heterocycles. The number of halogens is 3. The molecule has 0 atom stereocenters. The monoisotopic (exact) mass is 982 g/mol. The fourth-order valence-corrected chi connectivity index (χ4v) is 7.03. The van der Waals surface area contributed by atoms with Crippen molar-refractivity contribution in [2.75, 3.05) is 66.2 Å². The predicted octanol–water partition coefficient (Wildman–Crippen LogP) is 7.94. The number of alkyl halides is 3. The molecular weight excluding hydrogens is 926 g/mol. The van der Waals surface area contributed by atoms with Crippen molar-refractivity contribution in [3.8, 4) is 11.1 Å². The Morgan fingerprint density at radius 3 is 1.66 bits per heavy atom. The van der Waals surface area contributed by atoms with E-state index in [1.54, 1.807) is 94.7 Å². The number of nitrogens with two attached hydrogens (primary N) is 1.